The van der Waals surface area contributed by atoms with Crippen molar-refractivity contribution in [3.63, 3.8) is 0 Å². The van der Waals surface area contributed by atoms with Gasteiger partial charge < -0.3 is 10.1 Å². The lowest BCUT2D eigenvalue weighted by molar-refractivity contribution is 0.0949. The highest BCUT2D eigenvalue weighted by Gasteiger charge is 2.11. The Kier molecular flexibility index (Phi) is 5.51. The fourth-order valence-electron chi connectivity index (χ4n) is 1.69. The van der Waals surface area contributed by atoms with Crippen LogP contribution in [0.2, 0.25) is 0 Å². The number of carbonyl (C=O) groups is 1. The van der Waals surface area contributed by atoms with E-state index in [4.69, 9.17) is 4.74 Å². The van der Waals surface area contributed by atoms with Crippen LogP contribution in [-0.4, -0.2) is 24.0 Å². The molecule has 21 heavy (non-hydrogen) atoms. The summed E-state index contributed by atoms with van der Waals surface area (Å²) < 4.78 is 5.43. The molecule has 0 aliphatic carbocycles. The van der Waals surface area contributed by atoms with Crippen molar-refractivity contribution in [2.45, 2.75) is 13.3 Å². The van der Waals surface area contributed by atoms with Gasteiger partial charge in [-0.2, -0.15) is 0 Å². The van der Waals surface area contributed by atoms with Gasteiger partial charge in [-0.15, -0.1) is 11.3 Å². The standard InChI is InChI=1S/C16H18N2O2S/c1-3-9-17-15(19)14-11-21-16(18-14)12-5-7-13(8-6-12)20-10-4-2/h4-8,11H,2-3,9-10H2,1H3,(H,17,19). The second-order valence-corrected chi connectivity index (χ2v) is 5.28. The normalized spacial score (nSPS) is 10.1. The number of amides is 1. The van der Waals surface area contributed by atoms with E-state index < -0.39 is 0 Å². The molecule has 0 saturated carbocycles. The number of ether oxygens (including phenoxy) is 1. The largest absolute Gasteiger partial charge is 0.490 e. The summed E-state index contributed by atoms with van der Waals surface area (Å²) in [4.78, 5) is 16.2. The molecule has 1 aromatic carbocycles. The van der Waals surface area contributed by atoms with Crippen LogP contribution in [0.5, 0.6) is 5.75 Å². The molecule has 1 N–H and O–H groups in total. The van der Waals surface area contributed by atoms with E-state index in [0.717, 1.165) is 22.7 Å². The third-order valence-corrected chi connectivity index (χ3v) is 3.63. The third kappa shape index (κ3) is 4.16. The molecule has 5 heteroatoms. The average Bonchev–Trinajstić information content (AvgIpc) is 3.01. The highest BCUT2D eigenvalue weighted by atomic mass is 32.1. The smallest absolute Gasteiger partial charge is 0.270 e. The first-order valence-electron chi connectivity index (χ1n) is 6.82. The van der Waals surface area contributed by atoms with Crippen LogP contribution in [0.15, 0.2) is 42.3 Å². The number of nitrogens with zero attached hydrogens (tertiary/aromatic N) is 1. The van der Waals surface area contributed by atoms with Crippen LogP contribution in [0.4, 0.5) is 0 Å². The molecule has 2 aromatic rings. The van der Waals surface area contributed by atoms with Crippen molar-refractivity contribution in [3.8, 4) is 16.3 Å². The molecule has 0 spiro atoms. The van der Waals surface area contributed by atoms with Gasteiger partial charge in [-0.05, 0) is 30.7 Å². The van der Waals surface area contributed by atoms with Gasteiger partial charge in [-0.1, -0.05) is 19.6 Å². The van der Waals surface area contributed by atoms with Gasteiger partial charge in [0.1, 0.15) is 23.1 Å². The molecule has 0 aliphatic heterocycles. The van der Waals surface area contributed by atoms with Crippen molar-refractivity contribution in [1.29, 1.82) is 0 Å². The van der Waals surface area contributed by atoms with Crippen molar-refractivity contribution in [1.82, 2.24) is 10.3 Å². The van der Waals surface area contributed by atoms with Gasteiger partial charge >= 0.3 is 0 Å². The van der Waals surface area contributed by atoms with Gasteiger partial charge in [0.2, 0.25) is 0 Å². The minimum Gasteiger partial charge on any atom is -0.490 e. The van der Waals surface area contributed by atoms with E-state index in [2.05, 4.69) is 16.9 Å². The van der Waals surface area contributed by atoms with Gasteiger partial charge in [-0.25, -0.2) is 4.98 Å². The predicted octanol–water partition coefficient (Wildman–Crippen LogP) is 3.51. The zero-order chi connectivity index (χ0) is 15.1. The highest BCUT2D eigenvalue weighted by Crippen LogP contribution is 2.25. The van der Waals surface area contributed by atoms with Gasteiger partial charge in [0.25, 0.3) is 5.91 Å². The first-order chi connectivity index (χ1) is 10.2. The Morgan fingerprint density at radius 3 is 2.86 bits per heavy atom. The van der Waals surface area contributed by atoms with Crippen molar-refractivity contribution in [2.24, 2.45) is 0 Å². The van der Waals surface area contributed by atoms with Gasteiger partial charge in [0.05, 0.1) is 0 Å². The van der Waals surface area contributed by atoms with Crippen LogP contribution < -0.4 is 10.1 Å². The van der Waals surface area contributed by atoms with Crippen LogP contribution in [0, 0.1) is 0 Å². The first-order valence-corrected chi connectivity index (χ1v) is 7.70. The first kappa shape index (κ1) is 15.3. The van der Waals surface area contributed by atoms with E-state index in [1.807, 2.05) is 31.2 Å². The summed E-state index contributed by atoms with van der Waals surface area (Å²) in [5, 5.41) is 5.43. The van der Waals surface area contributed by atoms with Crippen LogP contribution in [0.25, 0.3) is 10.6 Å². The number of benzene rings is 1. The molecule has 0 fully saturated rings. The number of nitrogens with one attached hydrogen (secondary N) is 1. The maximum Gasteiger partial charge on any atom is 0.270 e. The molecule has 1 amide bonds. The molecule has 1 heterocycles. The Morgan fingerprint density at radius 2 is 2.19 bits per heavy atom. The molecule has 0 bridgehead atoms. The molecule has 0 aliphatic rings. The molecule has 1 aromatic heterocycles. The Bertz CT molecular complexity index is 605. The summed E-state index contributed by atoms with van der Waals surface area (Å²) in [6.45, 7) is 6.78. The Morgan fingerprint density at radius 1 is 1.43 bits per heavy atom. The highest BCUT2D eigenvalue weighted by molar-refractivity contribution is 7.13. The summed E-state index contributed by atoms with van der Waals surface area (Å²) in [6.07, 6.45) is 2.62. The predicted molar refractivity (Wildman–Crippen MR) is 85.9 cm³/mol. The maximum absolute atomic E-state index is 11.8. The second kappa shape index (κ2) is 7.59. The summed E-state index contributed by atoms with van der Waals surface area (Å²) in [7, 11) is 0. The van der Waals surface area contributed by atoms with Gasteiger partial charge in [-0.3, -0.25) is 4.79 Å². The monoisotopic (exact) mass is 302 g/mol. The van der Waals surface area contributed by atoms with Crippen molar-refractivity contribution < 1.29 is 9.53 Å². The minimum atomic E-state index is -0.120. The second-order valence-electron chi connectivity index (χ2n) is 4.42. The van der Waals surface area contributed by atoms with Crippen LogP contribution in [-0.2, 0) is 0 Å². The van der Waals surface area contributed by atoms with E-state index in [1.165, 1.54) is 11.3 Å². The lowest BCUT2D eigenvalue weighted by Gasteiger charge is -2.03. The Hall–Kier alpha value is -2.14. The summed E-state index contributed by atoms with van der Waals surface area (Å²) >= 11 is 1.46. The molecule has 2 rings (SSSR count). The van der Waals surface area contributed by atoms with E-state index >= 15 is 0 Å². The molecule has 4 nitrogen and oxygen atoms in total. The number of rotatable bonds is 7. The zero-order valence-corrected chi connectivity index (χ0v) is 12.8. The molecule has 110 valence electrons. The molecule has 0 saturated heterocycles. The number of aromatic nitrogens is 1. The molecule has 0 unspecified atom stereocenters. The third-order valence-electron chi connectivity index (χ3n) is 2.74. The lowest BCUT2D eigenvalue weighted by Crippen LogP contribution is -2.24. The van der Waals surface area contributed by atoms with Gasteiger partial charge in [0.15, 0.2) is 0 Å². The lowest BCUT2D eigenvalue weighted by atomic mass is 10.2. The summed E-state index contributed by atoms with van der Waals surface area (Å²) in [5.41, 5.74) is 1.44. The van der Waals surface area contributed by atoms with E-state index in [1.54, 1.807) is 11.5 Å². The maximum atomic E-state index is 11.8. The fraction of sp³-hybridized carbons (Fsp3) is 0.250. The Balaban J connectivity index is 2.06. The van der Waals surface area contributed by atoms with E-state index in [0.29, 0.717) is 18.8 Å². The van der Waals surface area contributed by atoms with Crippen LogP contribution in [0.1, 0.15) is 23.8 Å². The fourth-order valence-corrected chi connectivity index (χ4v) is 2.49. The molecule has 0 radical (unpaired) electrons. The molecular weight excluding hydrogens is 284 g/mol. The average molecular weight is 302 g/mol. The summed E-state index contributed by atoms with van der Waals surface area (Å²) in [6, 6.07) is 7.64. The van der Waals surface area contributed by atoms with E-state index in [-0.39, 0.29) is 5.91 Å². The summed E-state index contributed by atoms with van der Waals surface area (Å²) in [5.74, 6) is 0.668. The van der Waals surface area contributed by atoms with Crippen LogP contribution in [0.3, 0.4) is 0 Å². The van der Waals surface area contributed by atoms with Crippen LogP contribution >= 0.6 is 11.3 Å². The van der Waals surface area contributed by atoms with Gasteiger partial charge in [0, 0.05) is 17.5 Å². The van der Waals surface area contributed by atoms with Crippen molar-refractivity contribution >= 4 is 17.2 Å². The number of thiazole rings is 1. The Labute approximate surface area is 128 Å². The van der Waals surface area contributed by atoms with E-state index in [9.17, 15) is 4.79 Å². The van der Waals surface area contributed by atoms with Crippen molar-refractivity contribution in [2.75, 3.05) is 13.2 Å². The quantitative estimate of drug-likeness (QED) is 0.796. The number of hydrogen-bond acceptors (Lipinski definition) is 4. The topological polar surface area (TPSA) is 51.2 Å². The molecule has 0 atom stereocenters. The number of hydrogen-bond donors (Lipinski definition) is 1. The zero-order valence-electron chi connectivity index (χ0n) is 12.0. The molecular formula is C16H18N2O2S. The SMILES string of the molecule is C=CCOc1ccc(-c2nc(C(=O)NCCC)cs2)cc1. The van der Waals surface area contributed by atoms with Crippen molar-refractivity contribution in [3.05, 3.63) is 48.0 Å². The minimum absolute atomic E-state index is 0.120. The number of carbonyl (C=O) groups excluding carboxylic acids is 1.